The van der Waals surface area contributed by atoms with E-state index in [1.165, 1.54) is 0 Å². The lowest BCUT2D eigenvalue weighted by Gasteiger charge is -2.26. The lowest BCUT2D eigenvalue weighted by atomic mass is 9.86. The van der Waals surface area contributed by atoms with Crippen molar-refractivity contribution >= 4 is 17.7 Å². The standard InChI is InChI=1S/C14H20N4O3/c19-13(18-17-12-3-1-2-8-15-12)9-16-11-6-4-10(5-7-11)14(20)21/h1-3,8,10-11,16H,4-7,9H2,(H,15,17)(H,18,19)(H,20,21). The van der Waals surface area contributed by atoms with Crippen molar-refractivity contribution in [3.8, 4) is 0 Å². The summed E-state index contributed by atoms with van der Waals surface area (Å²) < 4.78 is 0. The number of carboxylic acids is 1. The number of carboxylic acid groups (broad SMARTS) is 1. The van der Waals surface area contributed by atoms with Crippen LogP contribution >= 0.6 is 0 Å². The van der Waals surface area contributed by atoms with Gasteiger partial charge in [0.25, 0.3) is 5.91 Å². The highest BCUT2D eigenvalue weighted by molar-refractivity contribution is 5.79. The number of hydrazine groups is 1. The molecule has 114 valence electrons. The Morgan fingerprint density at radius 1 is 1.24 bits per heavy atom. The van der Waals surface area contributed by atoms with E-state index in [-0.39, 0.29) is 24.4 Å². The van der Waals surface area contributed by atoms with Crippen molar-refractivity contribution in [2.24, 2.45) is 5.92 Å². The van der Waals surface area contributed by atoms with Crippen LogP contribution in [0.2, 0.25) is 0 Å². The van der Waals surface area contributed by atoms with Gasteiger partial charge in [0.1, 0.15) is 5.82 Å². The van der Waals surface area contributed by atoms with E-state index in [2.05, 4.69) is 21.2 Å². The number of aromatic nitrogens is 1. The number of rotatable bonds is 6. The van der Waals surface area contributed by atoms with Crippen LogP contribution in [-0.4, -0.2) is 34.6 Å². The Labute approximate surface area is 123 Å². The highest BCUT2D eigenvalue weighted by Gasteiger charge is 2.25. The van der Waals surface area contributed by atoms with Gasteiger partial charge >= 0.3 is 5.97 Å². The number of hydrogen-bond acceptors (Lipinski definition) is 5. The summed E-state index contributed by atoms with van der Waals surface area (Å²) in [6.45, 7) is 0.197. The highest BCUT2D eigenvalue weighted by atomic mass is 16.4. The molecule has 1 aliphatic carbocycles. The summed E-state index contributed by atoms with van der Waals surface area (Å²) in [7, 11) is 0. The largest absolute Gasteiger partial charge is 0.481 e. The van der Waals surface area contributed by atoms with Crippen LogP contribution in [0.5, 0.6) is 0 Å². The SMILES string of the molecule is O=C(CNC1CCC(C(=O)O)CC1)NNc1ccccn1. The van der Waals surface area contributed by atoms with E-state index < -0.39 is 5.97 Å². The minimum absolute atomic E-state index is 0.180. The first-order valence-corrected chi connectivity index (χ1v) is 7.07. The normalized spacial score (nSPS) is 21.5. The van der Waals surface area contributed by atoms with Gasteiger partial charge in [-0.15, -0.1) is 0 Å². The van der Waals surface area contributed by atoms with E-state index in [0.717, 1.165) is 12.8 Å². The zero-order valence-corrected chi connectivity index (χ0v) is 11.7. The number of anilines is 1. The zero-order chi connectivity index (χ0) is 15.1. The highest BCUT2D eigenvalue weighted by Crippen LogP contribution is 2.24. The summed E-state index contributed by atoms with van der Waals surface area (Å²) in [5.74, 6) is -0.553. The molecule has 0 saturated heterocycles. The molecule has 0 spiro atoms. The first-order chi connectivity index (χ1) is 10.1. The van der Waals surface area contributed by atoms with Gasteiger partial charge in [0.2, 0.25) is 0 Å². The number of nitrogens with one attached hydrogen (secondary N) is 3. The molecule has 0 aliphatic heterocycles. The average molecular weight is 292 g/mol. The smallest absolute Gasteiger partial charge is 0.306 e. The molecule has 21 heavy (non-hydrogen) atoms. The van der Waals surface area contributed by atoms with Crippen LogP contribution in [0.25, 0.3) is 0 Å². The van der Waals surface area contributed by atoms with E-state index >= 15 is 0 Å². The fraction of sp³-hybridized carbons (Fsp3) is 0.500. The summed E-state index contributed by atoms with van der Waals surface area (Å²) in [5.41, 5.74) is 5.28. The molecule has 1 heterocycles. The third kappa shape index (κ3) is 5.03. The molecule has 1 aromatic rings. The fourth-order valence-corrected chi connectivity index (χ4v) is 2.40. The van der Waals surface area contributed by atoms with Gasteiger partial charge in [-0.2, -0.15) is 0 Å². The summed E-state index contributed by atoms with van der Waals surface area (Å²) >= 11 is 0. The van der Waals surface area contributed by atoms with E-state index in [4.69, 9.17) is 5.11 Å². The van der Waals surface area contributed by atoms with Crippen LogP contribution in [0.15, 0.2) is 24.4 Å². The number of hydrogen-bond donors (Lipinski definition) is 4. The molecule has 0 atom stereocenters. The number of carbonyl (C=O) groups excluding carboxylic acids is 1. The minimum Gasteiger partial charge on any atom is -0.481 e. The summed E-state index contributed by atoms with van der Waals surface area (Å²) in [4.78, 5) is 26.5. The maximum absolute atomic E-state index is 11.7. The van der Waals surface area contributed by atoms with Gasteiger partial charge in [0.05, 0.1) is 12.5 Å². The number of nitrogens with zero attached hydrogens (tertiary/aromatic N) is 1. The van der Waals surface area contributed by atoms with E-state index in [9.17, 15) is 9.59 Å². The molecular weight excluding hydrogens is 272 g/mol. The summed E-state index contributed by atoms with van der Waals surface area (Å²) in [6, 6.07) is 5.57. The molecule has 0 unspecified atom stereocenters. The van der Waals surface area contributed by atoms with Crippen molar-refractivity contribution in [3.05, 3.63) is 24.4 Å². The topological polar surface area (TPSA) is 103 Å². The van der Waals surface area contributed by atoms with Crippen LogP contribution in [0, 0.1) is 5.92 Å². The van der Waals surface area contributed by atoms with E-state index in [0.29, 0.717) is 18.7 Å². The Morgan fingerprint density at radius 2 is 2.00 bits per heavy atom. The van der Waals surface area contributed by atoms with Crippen LogP contribution in [0.4, 0.5) is 5.82 Å². The molecule has 7 heteroatoms. The number of aliphatic carboxylic acids is 1. The number of pyridine rings is 1. The molecule has 4 N–H and O–H groups in total. The van der Waals surface area contributed by atoms with Gasteiger partial charge in [-0.3, -0.25) is 20.4 Å². The first kappa shape index (κ1) is 15.2. The fourth-order valence-electron chi connectivity index (χ4n) is 2.40. The third-order valence-corrected chi connectivity index (χ3v) is 3.62. The molecule has 0 radical (unpaired) electrons. The Balaban J connectivity index is 1.62. The average Bonchev–Trinajstić information content (AvgIpc) is 2.52. The quantitative estimate of drug-likeness (QED) is 0.577. The van der Waals surface area contributed by atoms with Crippen molar-refractivity contribution in [2.75, 3.05) is 12.0 Å². The van der Waals surface area contributed by atoms with Crippen molar-refractivity contribution in [1.82, 2.24) is 15.7 Å². The number of amides is 1. The van der Waals surface area contributed by atoms with Crippen molar-refractivity contribution in [2.45, 2.75) is 31.7 Å². The second-order valence-electron chi connectivity index (χ2n) is 5.16. The lowest BCUT2D eigenvalue weighted by molar-refractivity contribution is -0.143. The molecule has 7 nitrogen and oxygen atoms in total. The number of carbonyl (C=O) groups is 2. The molecular formula is C14H20N4O3. The van der Waals surface area contributed by atoms with E-state index in [1.54, 1.807) is 18.3 Å². The van der Waals surface area contributed by atoms with Crippen LogP contribution in [-0.2, 0) is 9.59 Å². The predicted molar refractivity (Wildman–Crippen MR) is 77.4 cm³/mol. The van der Waals surface area contributed by atoms with Gasteiger partial charge in [-0.05, 0) is 37.8 Å². The molecule has 1 aliphatic rings. The molecule has 1 aromatic heterocycles. The Morgan fingerprint density at radius 3 is 2.62 bits per heavy atom. The molecule has 1 amide bonds. The second-order valence-corrected chi connectivity index (χ2v) is 5.16. The first-order valence-electron chi connectivity index (χ1n) is 7.07. The summed E-state index contributed by atoms with van der Waals surface area (Å²) in [6.07, 6.45) is 4.55. The van der Waals surface area contributed by atoms with Crippen molar-refractivity contribution in [3.63, 3.8) is 0 Å². The van der Waals surface area contributed by atoms with Crippen molar-refractivity contribution < 1.29 is 14.7 Å². The predicted octanol–water partition coefficient (Wildman–Crippen LogP) is 0.758. The molecule has 0 aromatic carbocycles. The molecule has 0 bridgehead atoms. The molecule has 2 rings (SSSR count). The Bertz CT molecular complexity index is 472. The third-order valence-electron chi connectivity index (χ3n) is 3.62. The second kappa shape index (κ2) is 7.58. The van der Waals surface area contributed by atoms with Crippen molar-refractivity contribution in [1.29, 1.82) is 0 Å². The lowest BCUT2D eigenvalue weighted by Crippen LogP contribution is -2.43. The van der Waals surface area contributed by atoms with Gasteiger partial charge in [-0.25, -0.2) is 4.98 Å². The van der Waals surface area contributed by atoms with Crippen LogP contribution in [0.3, 0.4) is 0 Å². The Kier molecular flexibility index (Phi) is 5.51. The molecule has 1 saturated carbocycles. The Hall–Kier alpha value is -2.15. The van der Waals surface area contributed by atoms with Gasteiger partial charge in [0.15, 0.2) is 0 Å². The van der Waals surface area contributed by atoms with Gasteiger partial charge in [0, 0.05) is 12.2 Å². The maximum Gasteiger partial charge on any atom is 0.306 e. The maximum atomic E-state index is 11.7. The van der Waals surface area contributed by atoms with Gasteiger partial charge in [-0.1, -0.05) is 6.07 Å². The summed E-state index contributed by atoms with van der Waals surface area (Å²) in [5, 5.41) is 12.1. The minimum atomic E-state index is -0.717. The van der Waals surface area contributed by atoms with Crippen LogP contribution < -0.4 is 16.2 Å². The van der Waals surface area contributed by atoms with Crippen LogP contribution in [0.1, 0.15) is 25.7 Å². The van der Waals surface area contributed by atoms with E-state index in [1.807, 2.05) is 6.07 Å². The zero-order valence-electron chi connectivity index (χ0n) is 11.7. The molecule has 1 fully saturated rings. The monoisotopic (exact) mass is 292 g/mol. The van der Waals surface area contributed by atoms with Gasteiger partial charge < -0.3 is 10.4 Å².